The summed E-state index contributed by atoms with van der Waals surface area (Å²) in [6.07, 6.45) is -2.50. The Hall–Kier alpha value is -0.460. The van der Waals surface area contributed by atoms with E-state index in [-0.39, 0.29) is 0 Å². The predicted octanol–water partition coefficient (Wildman–Crippen LogP) is 1.88. The molecular formula is C13H22BrNO3. The highest BCUT2D eigenvalue weighted by Crippen LogP contribution is 2.04. The summed E-state index contributed by atoms with van der Waals surface area (Å²) in [6.45, 7) is 4.46. The summed E-state index contributed by atoms with van der Waals surface area (Å²) in [6, 6.07) is 10.3. The lowest BCUT2D eigenvalue weighted by molar-refractivity contribution is -0.159. The number of rotatable bonds is 4. The van der Waals surface area contributed by atoms with Gasteiger partial charge < -0.3 is 15.3 Å². The molecule has 3 unspecified atom stereocenters. The van der Waals surface area contributed by atoms with E-state index < -0.39 is 18.7 Å². The van der Waals surface area contributed by atoms with E-state index >= 15 is 0 Å². The van der Waals surface area contributed by atoms with Crippen LogP contribution < -0.4 is 0 Å². The van der Waals surface area contributed by atoms with Gasteiger partial charge in [0.2, 0.25) is 0 Å². The summed E-state index contributed by atoms with van der Waals surface area (Å²) >= 11 is 3.36. The minimum Gasteiger partial charge on any atom is -0.379 e. The fourth-order valence-electron chi connectivity index (χ4n) is 1.50. The maximum atomic E-state index is 8.96. The first-order valence-corrected chi connectivity index (χ1v) is 6.93. The molecule has 0 heterocycles. The van der Waals surface area contributed by atoms with Crippen molar-refractivity contribution < 1.29 is 15.3 Å². The van der Waals surface area contributed by atoms with Crippen LogP contribution in [0.2, 0.25) is 0 Å². The molecule has 0 fully saturated rings. The molecule has 0 aromatic heterocycles. The Morgan fingerprint density at radius 2 is 1.33 bits per heavy atom. The van der Waals surface area contributed by atoms with Gasteiger partial charge in [-0.1, -0.05) is 46.3 Å². The number of aliphatic hydroxyl groups excluding tert-OH is 3. The number of hydrogen-bond donors (Lipinski definition) is 3. The van der Waals surface area contributed by atoms with E-state index in [9.17, 15) is 0 Å². The first-order valence-electron chi connectivity index (χ1n) is 5.81. The van der Waals surface area contributed by atoms with E-state index in [0.29, 0.717) is 0 Å². The standard InChI is InChI=1S/C7H7Br.C6H15NO3/c8-6-7-4-2-1-3-5-7;1-4(8)7(5(2)9)6(3)10/h1-5H,6H2;4-6,8-10H,1-3H3. The molecule has 0 aliphatic carbocycles. The number of halogens is 1. The number of aliphatic hydroxyl groups is 3. The molecule has 18 heavy (non-hydrogen) atoms. The minimum absolute atomic E-state index is 0.833. The summed E-state index contributed by atoms with van der Waals surface area (Å²) in [5.74, 6) is 0. The van der Waals surface area contributed by atoms with Gasteiger partial charge in [-0.3, -0.25) is 0 Å². The average Bonchev–Trinajstić information content (AvgIpc) is 2.29. The SMILES string of the molecule is BrCc1ccccc1.CC(O)N(C(C)O)C(C)O. The third kappa shape index (κ3) is 7.08. The van der Waals surface area contributed by atoms with Gasteiger partial charge in [-0.15, -0.1) is 0 Å². The van der Waals surface area contributed by atoms with Crippen LogP contribution in [0.25, 0.3) is 0 Å². The maximum absolute atomic E-state index is 8.96. The van der Waals surface area contributed by atoms with E-state index in [0.717, 1.165) is 5.33 Å². The normalized spacial score (nSPS) is 15.6. The third-order valence-electron chi connectivity index (χ3n) is 2.29. The number of nitrogens with zero attached hydrogens (tertiary/aromatic N) is 1. The molecule has 0 saturated heterocycles. The first-order chi connectivity index (χ1) is 8.40. The fraction of sp³-hybridized carbons (Fsp3) is 0.538. The zero-order valence-electron chi connectivity index (χ0n) is 11.0. The highest BCUT2D eigenvalue weighted by molar-refractivity contribution is 9.08. The molecule has 104 valence electrons. The molecule has 0 saturated carbocycles. The Kier molecular flexibility index (Phi) is 9.23. The second-order valence-electron chi connectivity index (χ2n) is 3.96. The molecule has 0 aliphatic heterocycles. The molecule has 5 heteroatoms. The van der Waals surface area contributed by atoms with Crippen molar-refractivity contribution in [3.63, 3.8) is 0 Å². The topological polar surface area (TPSA) is 63.9 Å². The van der Waals surface area contributed by atoms with Crippen LogP contribution in [0.1, 0.15) is 26.3 Å². The van der Waals surface area contributed by atoms with Crippen LogP contribution in [0.3, 0.4) is 0 Å². The molecular weight excluding hydrogens is 298 g/mol. The lowest BCUT2D eigenvalue weighted by Crippen LogP contribution is -2.45. The highest BCUT2D eigenvalue weighted by Gasteiger charge is 2.20. The maximum Gasteiger partial charge on any atom is 0.108 e. The van der Waals surface area contributed by atoms with Gasteiger partial charge >= 0.3 is 0 Å². The highest BCUT2D eigenvalue weighted by atomic mass is 79.9. The summed E-state index contributed by atoms with van der Waals surface area (Å²) in [5.41, 5.74) is 1.33. The van der Waals surface area contributed by atoms with Crippen LogP contribution in [0.15, 0.2) is 30.3 Å². The lowest BCUT2D eigenvalue weighted by atomic mass is 10.2. The smallest absolute Gasteiger partial charge is 0.108 e. The number of hydrogen-bond acceptors (Lipinski definition) is 4. The van der Waals surface area contributed by atoms with Gasteiger partial charge in [0.1, 0.15) is 18.7 Å². The van der Waals surface area contributed by atoms with Crippen LogP contribution in [0, 0.1) is 0 Å². The fourth-order valence-corrected chi connectivity index (χ4v) is 1.88. The molecule has 0 spiro atoms. The predicted molar refractivity (Wildman–Crippen MR) is 76.0 cm³/mol. The Morgan fingerprint density at radius 1 is 0.944 bits per heavy atom. The third-order valence-corrected chi connectivity index (χ3v) is 2.94. The molecule has 0 aliphatic rings. The zero-order valence-corrected chi connectivity index (χ0v) is 12.6. The second kappa shape index (κ2) is 9.47. The van der Waals surface area contributed by atoms with Crippen molar-refractivity contribution in [3.8, 4) is 0 Å². The van der Waals surface area contributed by atoms with Crippen LogP contribution in [0.4, 0.5) is 0 Å². The molecule has 3 N–H and O–H groups in total. The molecule has 1 aromatic rings. The van der Waals surface area contributed by atoms with E-state index in [1.165, 1.54) is 31.2 Å². The Morgan fingerprint density at radius 3 is 1.50 bits per heavy atom. The van der Waals surface area contributed by atoms with Gasteiger partial charge in [-0.25, -0.2) is 4.90 Å². The largest absolute Gasteiger partial charge is 0.379 e. The van der Waals surface area contributed by atoms with Gasteiger partial charge in [0, 0.05) is 5.33 Å². The van der Waals surface area contributed by atoms with Crippen LogP contribution in [-0.4, -0.2) is 38.9 Å². The van der Waals surface area contributed by atoms with E-state index in [1.807, 2.05) is 18.2 Å². The van der Waals surface area contributed by atoms with Crippen molar-refractivity contribution in [1.29, 1.82) is 0 Å². The molecule has 0 amide bonds. The van der Waals surface area contributed by atoms with Crippen molar-refractivity contribution in [2.75, 3.05) is 0 Å². The first kappa shape index (κ1) is 17.5. The van der Waals surface area contributed by atoms with Crippen LogP contribution in [-0.2, 0) is 5.33 Å². The van der Waals surface area contributed by atoms with Crippen molar-refractivity contribution >= 4 is 15.9 Å². The summed E-state index contributed by atoms with van der Waals surface area (Å²) < 4.78 is 0. The molecule has 4 nitrogen and oxygen atoms in total. The van der Waals surface area contributed by atoms with Gasteiger partial charge in [0.15, 0.2) is 0 Å². The summed E-state index contributed by atoms with van der Waals surface area (Å²) in [5, 5.41) is 27.8. The number of alkyl halides is 1. The molecule has 3 atom stereocenters. The van der Waals surface area contributed by atoms with Crippen molar-refractivity contribution in [1.82, 2.24) is 4.90 Å². The molecule has 0 bridgehead atoms. The summed E-state index contributed by atoms with van der Waals surface area (Å²) in [4.78, 5) is 1.17. The number of benzene rings is 1. The molecule has 1 rings (SSSR count). The van der Waals surface area contributed by atoms with Gasteiger partial charge in [-0.05, 0) is 26.3 Å². The van der Waals surface area contributed by atoms with Gasteiger partial charge in [0.25, 0.3) is 0 Å². The monoisotopic (exact) mass is 319 g/mol. The quantitative estimate of drug-likeness (QED) is 0.585. The average molecular weight is 320 g/mol. The van der Waals surface area contributed by atoms with Crippen molar-refractivity contribution in [3.05, 3.63) is 35.9 Å². The summed E-state index contributed by atoms with van der Waals surface area (Å²) in [7, 11) is 0. The van der Waals surface area contributed by atoms with E-state index in [1.54, 1.807) is 0 Å². The van der Waals surface area contributed by atoms with E-state index in [4.69, 9.17) is 15.3 Å². The molecule has 1 aromatic carbocycles. The second-order valence-corrected chi connectivity index (χ2v) is 4.52. The molecule has 0 radical (unpaired) electrons. The zero-order chi connectivity index (χ0) is 14.1. The minimum atomic E-state index is -0.833. The lowest BCUT2D eigenvalue weighted by Gasteiger charge is -2.30. The van der Waals surface area contributed by atoms with Gasteiger partial charge in [0.05, 0.1) is 0 Å². The van der Waals surface area contributed by atoms with Crippen LogP contribution in [0.5, 0.6) is 0 Å². The Balaban J connectivity index is 0.000000327. The van der Waals surface area contributed by atoms with E-state index in [2.05, 4.69) is 28.1 Å². The van der Waals surface area contributed by atoms with Crippen molar-refractivity contribution in [2.45, 2.75) is 44.8 Å². The van der Waals surface area contributed by atoms with Crippen molar-refractivity contribution in [2.24, 2.45) is 0 Å². The Labute approximate surface area is 117 Å². The van der Waals surface area contributed by atoms with Gasteiger partial charge in [-0.2, -0.15) is 0 Å². The Bertz CT molecular complexity index is 285. The van der Waals surface area contributed by atoms with Crippen LogP contribution >= 0.6 is 15.9 Å².